The summed E-state index contributed by atoms with van der Waals surface area (Å²) in [6.07, 6.45) is 4.92. The van der Waals surface area contributed by atoms with Crippen molar-refractivity contribution in [1.82, 2.24) is 25.1 Å². The van der Waals surface area contributed by atoms with Gasteiger partial charge in [0, 0.05) is 57.0 Å². The Bertz CT molecular complexity index is 829. The Balaban J connectivity index is 1.28. The van der Waals surface area contributed by atoms with Crippen LogP contribution in [0.25, 0.3) is 10.9 Å². The fourth-order valence-electron chi connectivity index (χ4n) is 4.33. The molecular weight excluding hydrogens is 366 g/mol. The lowest BCUT2D eigenvalue weighted by Gasteiger charge is -2.34. The maximum atomic E-state index is 11.4. The van der Waals surface area contributed by atoms with Crippen molar-refractivity contribution in [3.63, 3.8) is 0 Å². The van der Waals surface area contributed by atoms with E-state index >= 15 is 0 Å². The molecule has 0 atom stereocenters. The summed E-state index contributed by atoms with van der Waals surface area (Å²) in [4.78, 5) is 24.8. The third-order valence-corrected chi connectivity index (χ3v) is 6.07. The Kier molecular flexibility index (Phi) is 6.56. The summed E-state index contributed by atoms with van der Waals surface area (Å²) in [7, 11) is 0. The van der Waals surface area contributed by atoms with Gasteiger partial charge in [0.05, 0.1) is 17.8 Å². The molecule has 1 aromatic heterocycles. The second-order valence-electron chi connectivity index (χ2n) is 8.01. The Morgan fingerprint density at radius 3 is 2.72 bits per heavy atom. The number of hydrogen-bond donors (Lipinski definition) is 1. The van der Waals surface area contributed by atoms with Crippen LogP contribution in [0, 0.1) is 0 Å². The van der Waals surface area contributed by atoms with Crippen molar-refractivity contribution >= 4 is 16.8 Å². The van der Waals surface area contributed by atoms with E-state index in [9.17, 15) is 4.79 Å². The van der Waals surface area contributed by atoms with Gasteiger partial charge in [0.15, 0.2) is 0 Å². The van der Waals surface area contributed by atoms with Gasteiger partial charge in [-0.1, -0.05) is 0 Å². The summed E-state index contributed by atoms with van der Waals surface area (Å²) in [5.74, 6) is 1.56. The van der Waals surface area contributed by atoms with Crippen LogP contribution in [0.2, 0.25) is 0 Å². The summed E-state index contributed by atoms with van der Waals surface area (Å²) in [5, 5.41) is 4.57. The summed E-state index contributed by atoms with van der Waals surface area (Å²) < 4.78 is 5.99. The van der Waals surface area contributed by atoms with Gasteiger partial charge in [-0.25, -0.2) is 9.97 Å². The average Bonchev–Trinajstić information content (AvgIpc) is 2.77. The molecule has 2 aromatic rings. The van der Waals surface area contributed by atoms with E-state index in [2.05, 4.69) is 26.3 Å². The third kappa shape index (κ3) is 5.03. The quantitative estimate of drug-likeness (QED) is 0.752. The Morgan fingerprint density at radius 2 is 1.97 bits per heavy atom. The van der Waals surface area contributed by atoms with Crippen LogP contribution in [-0.4, -0.2) is 78.1 Å². The predicted octanol–water partition coefficient (Wildman–Crippen LogP) is 2.03. The molecule has 1 aromatic carbocycles. The highest BCUT2D eigenvalue weighted by atomic mass is 16.5. The van der Waals surface area contributed by atoms with Crippen molar-refractivity contribution in [2.75, 3.05) is 52.4 Å². The third-order valence-electron chi connectivity index (χ3n) is 6.07. The topological polar surface area (TPSA) is 70.6 Å². The SMILES string of the molecule is CC(=O)N1CCN(CCCOc2ccc3c(C4CCNCC4)ncnc3c2)CC1. The molecule has 2 fully saturated rings. The van der Waals surface area contributed by atoms with Crippen LogP contribution in [0.4, 0.5) is 0 Å². The number of carbonyl (C=O) groups excluding carboxylic acids is 1. The van der Waals surface area contributed by atoms with Crippen molar-refractivity contribution in [2.45, 2.75) is 32.1 Å². The molecule has 0 spiro atoms. The lowest BCUT2D eigenvalue weighted by molar-refractivity contribution is -0.130. The lowest BCUT2D eigenvalue weighted by atomic mass is 9.92. The van der Waals surface area contributed by atoms with Crippen molar-refractivity contribution in [3.05, 3.63) is 30.2 Å². The van der Waals surface area contributed by atoms with Gasteiger partial charge >= 0.3 is 0 Å². The van der Waals surface area contributed by atoms with Gasteiger partial charge < -0.3 is 15.0 Å². The molecule has 0 bridgehead atoms. The minimum absolute atomic E-state index is 0.177. The van der Waals surface area contributed by atoms with E-state index in [-0.39, 0.29) is 5.91 Å². The van der Waals surface area contributed by atoms with Crippen LogP contribution in [0.5, 0.6) is 5.75 Å². The van der Waals surface area contributed by atoms with E-state index < -0.39 is 0 Å². The first-order chi connectivity index (χ1) is 14.2. The van der Waals surface area contributed by atoms with Gasteiger partial charge in [0.1, 0.15) is 12.1 Å². The van der Waals surface area contributed by atoms with Crippen LogP contribution in [0.3, 0.4) is 0 Å². The summed E-state index contributed by atoms with van der Waals surface area (Å²) in [6, 6.07) is 6.19. The van der Waals surface area contributed by atoms with Gasteiger partial charge in [-0.3, -0.25) is 9.69 Å². The van der Waals surface area contributed by atoms with Crippen molar-refractivity contribution < 1.29 is 9.53 Å². The number of piperidine rings is 1. The maximum Gasteiger partial charge on any atom is 0.219 e. The molecule has 2 saturated heterocycles. The number of fused-ring (bicyclic) bond motifs is 1. The van der Waals surface area contributed by atoms with Crippen LogP contribution in [-0.2, 0) is 4.79 Å². The minimum atomic E-state index is 0.177. The molecule has 1 amide bonds. The molecule has 29 heavy (non-hydrogen) atoms. The highest BCUT2D eigenvalue weighted by Gasteiger charge is 2.20. The van der Waals surface area contributed by atoms with E-state index in [0.717, 1.165) is 81.7 Å². The molecule has 0 aliphatic carbocycles. The number of benzene rings is 1. The van der Waals surface area contributed by atoms with Crippen LogP contribution in [0.1, 0.15) is 37.8 Å². The molecule has 0 saturated carbocycles. The van der Waals surface area contributed by atoms with E-state index in [1.807, 2.05) is 17.0 Å². The minimum Gasteiger partial charge on any atom is -0.493 e. The van der Waals surface area contributed by atoms with Crippen LogP contribution < -0.4 is 10.1 Å². The number of carbonyl (C=O) groups is 1. The highest BCUT2D eigenvalue weighted by molar-refractivity contribution is 5.82. The first kappa shape index (κ1) is 20.0. The lowest BCUT2D eigenvalue weighted by Crippen LogP contribution is -2.48. The monoisotopic (exact) mass is 397 g/mol. The molecule has 4 rings (SSSR count). The molecule has 0 unspecified atom stereocenters. The Labute approximate surface area is 172 Å². The largest absolute Gasteiger partial charge is 0.493 e. The zero-order valence-corrected chi connectivity index (χ0v) is 17.3. The number of rotatable bonds is 6. The van der Waals surface area contributed by atoms with Crippen molar-refractivity contribution in [3.8, 4) is 5.75 Å². The number of amides is 1. The molecule has 0 radical (unpaired) electrons. The van der Waals surface area contributed by atoms with Gasteiger partial charge in [0.25, 0.3) is 0 Å². The average molecular weight is 398 g/mol. The van der Waals surface area contributed by atoms with Crippen molar-refractivity contribution in [1.29, 1.82) is 0 Å². The molecule has 2 aliphatic rings. The first-order valence-corrected chi connectivity index (χ1v) is 10.8. The molecular formula is C22H31N5O2. The number of aromatic nitrogens is 2. The fraction of sp³-hybridized carbons (Fsp3) is 0.591. The van der Waals surface area contributed by atoms with Gasteiger partial charge in [-0.15, -0.1) is 0 Å². The zero-order chi connectivity index (χ0) is 20.1. The number of piperazine rings is 1. The fourth-order valence-corrected chi connectivity index (χ4v) is 4.33. The van der Waals surface area contributed by atoms with Crippen LogP contribution >= 0.6 is 0 Å². The number of nitrogens with one attached hydrogen (secondary N) is 1. The summed E-state index contributed by atoms with van der Waals surface area (Å²) in [5.41, 5.74) is 2.14. The Morgan fingerprint density at radius 1 is 1.17 bits per heavy atom. The van der Waals surface area contributed by atoms with E-state index in [4.69, 9.17) is 4.74 Å². The Hall–Kier alpha value is -2.25. The number of hydrogen-bond acceptors (Lipinski definition) is 6. The number of ether oxygens (including phenoxy) is 1. The van der Waals surface area contributed by atoms with Gasteiger partial charge in [-0.2, -0.15) is 0 Å². The highest BCUT2D eigenvalue weighted by Crippen LogP contribution is 2.30. The zero-order valence-electron chi connectivity index (χ0n) is 17.3. The normalized spacial score (nSPS) is 18.9. The van der Waals surface area contributed by atoms with E-state index in [1.54, 1.807) is 13.3 Å². The maximum absolute atomic E-state index is 11.4. The predicted molar refractivity (Wildman–Crippen MR) is 113 cm³/mol. The first-order valence-electron chi connectivity index (χ1n) is 10.8. The molecule has 2 aliphatic heterocycles. The standard InChI is InChI=1S/C22H31N5O2/c1-17(28)27-12-10-26(11-13-27)9-2-14-29-19-3-4-20-21(15-19)24-16-25-22(20)18-5-7-23-8-6-18/h3-4,15-16,18,23H,2,5-14H2,1H3. The molecule has 156 valence electrons. The van der Waals surface area contributed by atoms with Gasteiger partial charge in [0.2, 0.25) is 5.91 Å². The smallest absolute Gasteiger partial charge is 0.219 e. The van der Waals surface area contributed by atoms with E-state index in [1.165, 1.54) is 5.69 Å². The summed E-state index contributed by atoms with van der Waals surface area (Å²) in [6.45, 7) is 9.01. The molecule has 1 N–H and O–H groups in total. The van der Waals surface area contributed by atoms with E-state index in [0.29, 0.717) is 12.5 Å². The van der Waals surface area contributed by atoms with Crippen LogP contribution in [0.15, 0.2) is 24.5 Å². The molecule has 7 heteroatoms. The van der Waals surface area contributed by atoms with Gasteiger partial charge in [-0.05, 0) is 44.5 Å². The second-order valence-corrected chi connectivity index (χ2v) is 8.01. The molecule has 7 nitrogen and oxygen atoms in total. The summed E-state index contributed by atoms with van der Waals surface area (Å²) >= 11 is 0. The van der Waals surface area contributed by atoms with Crippen molar-refractivity contribution in [2.24, 2.45) is 0 Å². The second kappa shape index (κ2) is 9.50. The molecule has 3 heterocycles. The number of nitrogens with zero attached hydrogens (tertiary/aromatic N) is 4.